The molecule has 0 radical (unpaired) electrons. The number of para-hydroxylation sites is 1. The average Bonchev–Trinajstić information content (AvgIpc) is 3.67. The molecule has 4 aromatic rings. The van der Waals surface area contributed by atoms with Crippen LogP contribution in [0.2, 0.25) is 0 Å². The predicted octanol–water partition coefficient (Wildman–Crippen LogP) is 5.15. The molecule has 1 N–H and O–H groups in total. The van der Waals surface area contributed by atoms with E-state index in [1.165, 1.54) is 24.3 Å². The maximum absolute atomic E-state index is 13.5. The summed E-state index contributed by atoms with van der Waals surface area (Å²) in [6, 6.07) is 24.9. The fourth-order valence-electron chi connectivity index (χ4n) is 6.98. The van der Waals surface area contributed by atoms with Crippen LogP contribution in [0.3, 0.4) is 0 Å². The van der Waals surface area contributed by atoms with E-state index in [1.807, 2.05) is 48.5 Å². The van der Waals surface area contributed by atoms with Gasteiger partial charge in [0.2, 0.25) is 11.8 Å². The molecule has 3 aliphatic heterocycles. The van der Waals surface area contributed by atoms with Crippen LogP contribution in [0.25, 0.3) is 11.6 Å². The Hall–Kier alpha value is -7.01. The number of carbonyl (C=O) groups is 5. The lowest BCUT2D eigenvalue weighted by atomic mass is 10.0. The first-order chi connectivity index (χ1) is 29.7. The van der Waals surface area contributed by atoms with Crippen molar-refractivity contribution in [2.45, 2.75) is 25.4 Å². The number of hydrogen-bond acceptors (Lipinski definition) is 12. The van der Waals surface area contributed by atoms with Crippen LogP contribution in [0.5, 0.6) is 11.5 Å². The largest absolute Gasteiger partial charge is 0.491 e. The minimum atomic E-state index is -1.03. The quantitative estimate of drug-likeness (QED) is 0.0406. The molecule has 4 aromatic carbocycles. The first-order valence-corrected chi connectivity index (χ1v) is 19.7. The van der Waals surface area contributed by atoms with Crippen LogP contribution in [0.4, 0.5) is 11.4 Å². The molecule has 0 spiro atoms. The number of benzene rings is 4. The molecule has 1 atom stereocenters. The monoisotopic (exact) mass is 830 g/mol. The number of anilines is 1. The van der Waals surface area contributed by atoms with Crippen molar-refractivity contribution in [2.24, 2.45) is 0 Å². The number of non-ortho nitro benzene ring substituents is 1. The second-order valence-corrected chi connectivity index (χ2v) is 14.0. The van der Waals surface area contributed by atoms with E-state index in [9.17, 15) is 34.1 Å². The lowest BCUT2D eigenvalue weighted by molar-refractivity contribution is -0.384. The molecule has 16 heteroatoms. The standard InChI is InChI=1S/C45H42N4O12/c50-41-19-18-40(42(51)46-41)48-44(53)37-17-16-34(28-38(37)45(48)54)61-27-25-59-23-21-57-20-22-58-24-26-60-33-14-10-31(11-15-33)29-47-39-7-2-1-5-35(39)36(43(47)52)6-3-4-30-8-12-32(13-9-30)49(55)56/h1-17,28,40H,18-27,29H2,(H,46,50,51)/b4-3+,36-6?. The fourth-order valence-corrected chi connectivity index (χ4v) is 6.98. The Morgan fingerprint density at radius 3 is 1.98 bits per heavy atom. The summed E-state index contributed by atoms with van der Waals surface area (Å²) in [5.41, 5.74) is 4.27. The van der Waals surface area contributed by atoms with Crippen molar-refractivity contribution in [3.63, 3.8) is 0 Å². The number of rotatable bonds is 20. The molecule has 16 nitrogen and oxygen atoms in total. The molecule has 61 heavy (non-hydrogen) atoms. The van der Waals surface area contributed by atoms with Crippen LogP contribution in [-0.2, 0) is 35.1 Å². The van der Waals surface area contributed by atoms with Crippen LogP contribution in [0.15, 0.2) is 103 Å². The van der Waals surface area contributed by atoms with Crippen LogP contribution in [0, 0.1) is 10.1 Å². The summed E-state index contributed by atoms with van der Waals surface area (Å²) >= 11 is 0. The maximum Gasteiger partial charge on any atom is 0.269 e. The van der Waals surface area contributed by atoms with E-state index in [2.05, 4.69) is 5.32 Å². The van der Waals surface area contributed by atoms with Gasteiger partial charge in [-0.2, -0.15) is 0 Å². The van der Waals surface area contributed by atoms with Crippen LogP contribution in [-0.4, -0.2) is 98.3 Å². The Labute approximate surface area is 350 Å². The molecule has 314 valence electrons. The summed E-state index contributed by atoms with van der Waals surface area (Å²) in [5, 5.41) is 13.1. The van der Waals surface area contributed by atoms with E-state index >= 15 is 0 Å². The number of allylic oxidation sites excluding steroid dienone is 2. The first kappa shape index (κ1) is 42.1. The number of amides is 5. The third kappa shape index (κ3) is 10.2. The van der Waals surface area contributed by atoms with Gasteiger partial charge in [-0.25, -0.2) is 0 Å². The summed E-state index contributed by atoms with van der Waals surface area (Å²) in [5.74, 6) is -1.34. The lowest BCUT2D eigenvalue weighted by Crippen LogP contribution is -2.54. The average molecular weight is 831 g/mol. The number of imide groups is 2. The van der Waals surface area contributed by atoms with Gasteiger partial charge in [0.1, 0.15) is 30.8 Å². The summed E-state index contributed by atoms with van der Waals surface area (Å²) < 4.78 is 28.2. The number of carbonyl (C=O) groups excluding carboxylic acids is 5. The predicted molar refractivity (Wildman–Crippen MR) is 221 cm³/mol. The van der Waals surface area contributed by atoms with Crippen molar-refractivity contribution in [3.8, 4) is 11.5 Å². The second-order valence-electron chi connectivity index (χ2n) is 14.0. The zero-order valence-corrected chi connectivity index (χ0v) is 33.0. The van der Waals surface area contributed by atoms with E-state index in [-0.39, 0.29) is 48.8 Å². The normalized spacial score (nSPS) is 16.7. The summed E-state index contributed by atoms with van der Waals surface area (Å²) in [6.07, 6.45) is 5.47. The van der Waals surface area contributed by atoms with E-state index in [0.29, 0.717) is 63.3 Å². The smallest absolute Gasteiger partial charge is 0.269 e. The Kier molecular flexibility index (Phi) is 13.7. The molecule has 1 unspecified atom stereocenters. The maximum atomic E-state index is 13.5. The molecular weight excluding hydrogens is 789 g/mol. The fraction of sp³-hybridized carbons (Fsp3) is 0.267. The number of nitro benzene ring substituents is 1. The molecule has 1 saturated heterocycles. The van der Waals surface area contributed by atoms with E-state index < -0.39 is 34.6 Å². The van der Waals surface area contributed by atoms with Crippen molar-refractivity contribution < 1.29 is 52.6 Å². The third-order valence-corrected chi connectivity index (χ3v) is 10.0. The van der Waals surface area contributed by atoms with Crippen molar-refractivity contribution in [2.75, 3.05) is 57.8 Å². The van der Waals surface area contributed by atoms with E-state index in [0.717, 1.165) is 27.3 Å². The molecule has 1 fully saturated rings. The molecular formula is C45H42N4O12. The minimum absolute atomic E-state index is 0.0171. The highest BCUT2D eigenvalue weighted by atomic mass is 16.6. The van der Waals surface area contributed by atoms with Gasteiger partial charge in [0.05, 0.1) is 67.9 Å². The van der Waals surface area contributed by atoms with Crippen molar-refractivity contribution in [1.82, 2.24) is 10.2 Å². The molecule has 7 rings (SSSR count). The van der Waals surface area contributed by atoms with Gasteiger partial charge < -0.3 is 28.6 Å². The van der Waals surface area contributed by atoms with E-state index in [4.69, 9.17) is 23.7 Å². The summed E-state index contributed by atoms with van der Waals surface area (Å²) in [6.45, 7) is 2.98. The Morgan fingerprint density at radius 1 is 0.689 bits per heavy atom. The van der Waals surface area contributed by atoms with Gasteiger partial charge in [-0.1, -0.05) is 42.5 Å². The highest BCUT2D eigenvalue weighted by Gasteiger charge is 2.44. The van der Waals surface area contributed by atoms with Gasteiger partial charge in [-0.3, -0.25) is 44.3 Å². The molecule has 3 heterocycles. The Balaban J connectivity index is 0.743. The van der Waals surface area contributed by atoms with Gasteiger partial charge in [0.25, 0.3) is 23.4 Å². The van der Waals surface area contributed by atoms with Crippen molar-refractivity contribution in [3.05, 3.63) is 141 Å². The first-order valence-electron chi connectivity index (χ1n) is 19.7. The van der Waals surface area contributed by atoms with E-state index in [1.54, 1.807) is 41.3 Å². The van der Waals surface area contributed by atoms with Gasteiger partial charge in [-0.05, 0) is 72.2 Å². The molecule has 0 saturated carbocycles. The highest BCUT2D eigenvalue weighted by Crippen LogP contribution is 2.38. The Morgan fingerprint density at radius 2 is 1.31 bits per heavy atom. The minimum Gasteiger partial charge on any atom is -0.491 e. The number of nitrogens with zero attached hydrogens (tertiary/aromatic N) is 3. The highest BCUT2D eigenvalue weighted by molar-refractivity contribution is 6.32. The van der Waals surface area contributed by atoms with Crippen molar-refractivity contribution in [1.29, 1.82) is 0 Å². The SMILES string of the molecule is O=C1CCC(N2C(=O)c3ccc(OCCOCCOCCOCCOc4ccc(CN5C(=O)C(=C/C=C/c6ccc([N+](=O)[O-])cc6)c6ccccc65)cc4)cc3C2=O)C(=O)N1. The van der Waals surface area contributed by atoms with Crippen molar-refractivity contribution >= 4 is 52.6 Å². The Bertz CT molecular complexity index is 2360. The van der Waals surface area contributed by atoms with Crippen LogP contribution >= 0.6 is 0 Å². The lowest BCUT2D eigenvalue weighted by Gasteiger charge is -2.27. The zero-order valence-electron chi connectivity index (χ0n) is 33.0. The van der Waals surface area contributed by atoms with Crippen LogP contribution < -0.4 is 19.7 Å². The summed E-state index contributed by atoms with van der Waals surface area (Å²) in [7, 11) is 0. The topological polar surface area (TPSA) is 193 Å². The number of piperidine rings is 1. The molecule has 3 aliphatic rings. The van der Waals surface area contributed by atoms with Crippen LogP contribution in [0.1, 0.15) is 50.2 Å². The molecule has 5 amide bonds. The molecule has 0 aromatic heterocycles. The number of nitro groups is 1. The molecule has 0 aliphatic carbocycles. The number of nitrogens with one attached hydrogen (secondary N) is 1. The molecule has 0 bridgehead atoms. The van der Waals surface area contributed by atoms with Gasteiger partial charge >= 0.3 is 0 Å². The second kappa shape index (κ2) is 19.8. The third-order valence-electron chi connectivity index (χ3n) is 10.0. The number of fused-ring (bicyclic) bond motifs is 2. The zero-order chi connectivity index (χ0) is 42.7. The van der Waals surface area contributed by atoms with Gasteiger partial charge in [0.15, 0.2) is 0 Å². The van der Waals surface area contributed by atoms with Gasteiger partial charge in [-0.15, -0.1) is 0 Å². The van der Waals surface area contributed by atoms with Gasteiger partial charge in [0, 0.05) is 29.7 Å². The summed E-state index contributed by atoms with van der Waals surface area (Å²) in [4.78, 5) is 76.3. The number of ether oxygens (including phenoxy) is 5. The number of hydrogen-bond donors (Lipinski definition) is 1.